The largest absolute Gasteiger partial charge is 0.382 e. The third kappa shape index (κ3) is 2.41. The molecule has 2 aromatic heterocycles. The molecule has 0 spiro atoms. The Morgan fingerprint density at radius 3 is 2.89 bits per heavy atom. The molecule has 0 radical (unpaired) electrons. The first-order valence-corrected chi connectivity index (χ1v) is 7.91. The fourth-order valence-electron chi connectivity index (χ4n) is 2.81. The zero-order valence-electron chi connectivity index (χ0n) is 11.6. The summed E-state index contributed by atoms with van der Waals surface area (Å²) in [6.07, 6.45) is 6.11. The molecular weight excluding hydrogens is 254 g/mol. The Morgan fingerprint density at radius 2 is 2.16 bits per heavy atom. The van der Waals surface area contributed by atoms with Crippen molar-refractivity contribution in [2.75, 3.05) is 5.73 Å². The van der Waals surface area contributed by atoms with Crippen LogP contribution < -0.4 is 5.73 Å². The molecule has 4 heteroatoms. The Bertz CT molecular complexity index is 557. The lowest BCUT2D eigenvalue weighted by Gasteiger charge is -2.08. The van der Waals surface area contributed by atoms with Crippen molar-refractivity contribution < 1.29 is 0 Å². The van der Waals surface area contributed by atoms with Crippen molar-refractivity contribution in [2.24, 2.45) is 5.92 Å². The highest BCUT2D eigenvalue weighted by molar-refractivity contribution is 7.15. The van der Waals surface area contributed by atoms with Gasteiger partial charge in [-0.25, -0.2) is 0 Å². The number of aromatic nitrogens is 2. The van der Waals surface area contributed by atoms with Gasteiger partial charge in [0.05, 0.1) is 10.6 Å². The number of hydrogen-bond acceptors (Lipinski definition) is 3. The maximum Gasteiger partial charge on any atom is 0.149 e. The van der Waals surface area contributed by atoms with Gasteiger partial charge in [0.25, 0.3) is 0 Å². The molecule has 19 heavy (non-hydrogen) atoms. The third-order valence-corrected chi connectivity index (χ3v) is 5.01. The lowest BCUT2D eigenvalue weighted by atomic mass is 9.98. The van der Waals surface area contributed by atoms with E-state index in [-0.39, 0.29) is 0 Å². The van der Waals surface area contributed by atoms with E-state index in [2.05, 4.69) is 30.1 Å². The van der Waals surface area contributed by atoms with Gasteiger partial charge in [0, 0.05) is 10.4 Å². The molecule has 0 aliphatic heterocycles. The summed E-state index contributed by atoms with van der Waals surface area (Å²) in [6, 6.07) is 2.34. The molecule has 3 rings (SSSR count). The Balaban J connectivity index is 1.99. The van der Waals surface area contributed by atoms with E-state index in [1.165, 1.54) is 41.7 Å². The van der Waals surface area contributed by atoms with Crippen LogP contribution in [0.25, 0.3) is 10.6 Å². The number of anilines is 1. The second kappa shape index (κ2) is 5.00. The van der Waals surface area contributed by atoms with Gasteiger partial charge in [-0.15, -0.1) is 11.3 Å². The molecule has 2 heterocycles. The Morgan fingerprint density at radius 1 is 1.37 bits per heavy atom. The third-order valence-electron chi connectivity index (χ3n) is 3.75. The highest BCUT2D eigenvalue weighted by Gasteiger charge is 2.19. The molecule has 0 saturated carbocycles. The summed E-state index contributed by atoms with van der Waals surface area (Å²) in [7, 11) is 0. The molecule has 0 saturated heterocycles. The second-order valence-corrected chi connectivity index (χ2v) is 6.96. The number of fused-ring (bicyclic) bond motifs is 1. The van der Waals surface area contributed by atoms with Gasteiger partial charge >= 0.3 is 0 Å². The van der Waals surface area contributed by atoms with Crippen molar-refractivity contribution in [2.45, 2.75) is 46.0 Å². The maximum absolute atomic E-state index is 6.01. The number of nitrogen functional groups attached to an aromatic ring is 1. The van der Waals surface area contributed by atoms with Gasteiger partial charge in [0.15, 0.2) is 0 Å². The minimum absolute atomic E-state index is 0.591. The van der Waals surface area contributed by atoms with Gasteiger partial charge in [0.1, 0.15) is 5.82 Å². The monoisotopic (exact) mass is 275 g/mol. The first-order chi connectivity index (χ1) is 9.15. The molecule has 0 fully saturated rings. The zero-order valence-corrected chi connectivity index (χ0v) is 12.4. The summed E-state index contributed by atoms with van der Waals surface area (Å²) in [5.41, 5.74) is 9.88. The number of nitrogens with one attached hydrogen (secondary N) is 1. The van der Waals surface area contributed by atoms with Crippen molar-refractivity contribution >= 4 is 17.2 Å². The maximum atomic E-state index is 6.01. The average Bonchev–Trinajstić information content (AvgIpc) is 2.93. The van der Waals surface area contributed by atoms with Crippen LogP contribution >= 0.6 is 11.3 Å². The number of thiophene rings is 1. The number of nitrogens with two attached hydrogens (primary N) is 1. The van der Waals surface area contributed by atoms with Crippen LogP contribution in [0.2, 0.25) is 0 Å². The van der Waals surface area contributed by atoms with Crippen LogP contribution in [-0.2, 0) is 19.3 Å². The van der Waals surface area contributed by atoms with Gasteiger partial charge in [0.2, 0.25) is 0 Å². The van der Waals surface area contributed by atoms with Crippen molar-refractivity contribution in [1.29, 1.82) is 0 Å². The van der Waals surface area contributed by atoms with Crippen molar-refractivity contribution in [3.05, 3.63) is 22.1 Å². The SMILES string of the molecule is CC(C)Cc1c(N)n[nH]c1-c1cc2c(s1)CCCC2. The van der Waals surface area contributed by atoms with Crippen molar-refractivity contribution in [3.63, 3.8) is 0 Å². The normalized spacial score (nSPS) is 14.9. The molecule has 3 N–H and O–H groups in total. The predicted molar refractivity (Wildman–Crippen MR) is 81.5 cm³/mol. The highest BCUT2D eigenvalue weighted by Crippen LogP contribution is 2.37. The van der Waals surface area contributed by atoms with E-state index in [0.717, 1.165) is 12.1 Å². The number of hydrogen-bond donors (Lipinski definition) is 2. The molecule has 2 aromatic rings. The fourth-order valence-corrected chi connectivity index (χ4v) is 4.09. The molecule has 0 aromatic carbocycles. The Hall–Kier alpha value is -1.29. The van der Waals surface area contributed by atoms with Gasteiger partial charge in [-0.2, -0.15) is 5.10 Å². The molecule has 0 atom stereocenters. The van der Waals surface area contributed by atoms with Crippen LogP contribution in [0.15, 0.2) is 6.07 Å². The van der Waals surface area contributed by atoms with E-state index >= 15 is 0 Å². The van der Waals surface area contributed by atoms with Gasteiger partial charge < -0.3 is 5.73 Å². The summed E-state index contributed by atoms with van der Waals surface area (Å²) in [5.74, 6) is 1.25. The standard InChI is InChI=1S/C15H21N3S/c1-9(2)7-11-14(17-18-15(11)16)13-8-10-5-3-4-6-12(10)19-13/h8-9H,3-7H2,1-2H3,(H3,16,17,18). The number of aryl methyl sites for hydroxylation is 2. The second-order valence-electron chi connectivity index (χ2n) is 5.83. The molecule has 1 aliphatic carbocycles. The Kier molecular flexibility index (Phi) is 3.35. The number of nitrogens with zero attached hydrogens (tertiary/aromatic N) is 1. The van der Waals surface area contributed by atoms with Crippen molar-refractivity contribution in [3.8, 4) is 10.6 Å². The summed E-state index contributed by atoms with van der Waals surface area (Å²) in [6.45, 7) is 4.44. The van der Waals surface area contributed by atoms with E-state index in [4.69, 9.17) is 5.73 Å². The van der Waals surface area contributed by atoms with Crippen LogP contribution in [-0.4, -0.2) is 10.2 Å². The topological polar surface area (TPSA) is 54.7 Å². The van der Waals surface area contributed by atoms with E-state index < -0.39 is 0 Å². The average molecular weight is 275 g/mol. The van der Waals surface area contributed by atoms with Crippen LogP contribution in [0.3, 0.4) is 0 Å². The molecular formula is C15H21N3S. The molecule has 0 amide bonds. The van der Waals surface area contributed by atoms with Crippen molar-refractivity contribution in [1.82, 2.24) is 10.2 Å². The smallest absolute Gasteiger partial charge is 0.149 e. The Labute approximate surface area is 118 Å². The summed E-state index contributed by atoms with van der Waals surface area (Å²) >= 11 is 1.92. The summed E-state index contributed by atoms with van der Waals surface area (Å²) < 4.78 is 0. The molecule has 0 unspecified atom stereocenters. The zero-order chi connectivity index (χ0) is 13.4. The van der Waals surface area contributed by atoms with E-state index in [1.807, 2.05) is 11.3 Å². The van der Waals surface area contributed by atoms with Crippen LogP contribution in [0.4, 0.5) is 5.82 Å². The molecule has 1 aliphatic rings. The number of H-pyrrole nitrogens is 1. The first-order valence-electron chi connectivity index (χ1n) is 7.10. The van der Waals surface area contributed by atoms with Crippen LogP contribution in [0.1, 0.15) is 42.7 Å². The molecule has 3 nitrogen and oxygen atoms in total. The lowest BCUT2D eigenvalue weighted by molar-refractivity contribution is 0.649. The number of rotatable bonds is 3. The van der Waals surface area contributed by atoms with E-state index in [1.54, 1.807) is 4.88 Å². The van der Waals surface area contributed by atoms with Gasteiger partial charge in [-0.3, -0.25) is 5.10 Å². The van der Waals surface area contributed by atoms with Gasteiger partial charge in [-0.05, 0) is 49.7 Å². The lowest BCUT2D eigenvalue weighted by Crippen LogP contribution is -1.98. The predicted octanol–water partition coefficient (Wildman–Crippen LogP) is 3.80. The highest BCUT2D eigenvalue weighted by atomic mass is 32.1. The minimum atomic E-state index is 0.591. The first kappa shape index (κ1) is 12.7. The van der Waals surface area contributed by atoms with E-state index in [0.29, 0.717) is 11.7 Å². The van der Waals surface area contributed by atoms with Gasteiger partial charge in [-0.1, -0.05) is 13.8 Å². The fraction of sp³-hybridized carbons (Fsp3) is 0.533. The minimum Gasteiger partial charge on any atom is -0.382 e. The van der Waals surface area contributed by atoms with E-state index in [9.17, 15) is 0 Å². The van der Waals surface area contributed by atoms with Crippen LogP contribution in [0, 0.1) is 5.92 Å². The van der Waals surface area contributed by atoms with Crippen LogP contribution in [0.5, 0.6) is 0 Å². The molecule has 0 bridgehead atoms. The molecule has 102 valence electrons. The quantitative estimate of drug-likeness (QED) is 0.895. The number of aromatic amines is 1. The summed E-state index contributed by atoms with van der Waals surface area (Å²) in [4.78, 5) is 2.87. The summed E-state index contributed by atoms with van der Waals surface area (Å²) in [5, 5.41) is 7.35.